The number of benzene rings is 1. The highest BCUT2D eigenvalue weighted by molar-refractivity contribution is 6.36. The smallest absolute Gasteiger partial charge is 0.366 e. The van der Waals surface area contributed by atoms with E-state index >= 15 is 0 Å². The lowest BCUT2D eigenvalue weighted by molar-refractivity contribution is -0.137. The summed E-state index contributed by atoms with van der Waals surface area (Å²) < 4.78 is 40.7. The number of fused-ring (bicyclic) bond motifs is 1. The monoisotopic (exact) mass is 509 g/mol. The number of halogens is 5. The standard InChI is InChI=1S/C24H24Cl2F3N5/c1-14(2)21-32-20-9-12-34(23-17(24(27,28)29)5-4-10-30-23)11-8-15(20)22(33-21)31-13-16-18(25)6-3-7-19(16)26/h3-7,10,14H,8-9,11-13H2,1-2H3,(H,31,32,33). The maximum atomic E-state index is 13.6. The topological polar surface area (TPSA) is 53.9 Å². The Balaban J connectivity index is 1.65. The molecule has 0 amide bonds. The van der Waals surface area contributed by atoms with Crippen LogP contribution in [-0.4, -0.2) is 28.0 Å². The first-order valence-corrected chi connectivity index (χ1v) is 11.7. The summed E-state index contributed by atoms with van der Waals surface area (Å²) in [5.74, 6) is 1.36. The van der Waals surface area contributed by atoms with Gasteiger partial charge in [-0.2, -0.15) is 13.2 Å². The summed E-state index contributed by atoms with van der Waals surface area (Å²) in [5, 5.41) is 4.44. The van der Waals surface area contributed by atoms with Crippen LogP contribution in [0.2, 0.25) is 10.0 Å². The van der Waals surface area contributed by atoms with Crippen molar-refractivity contribution in [3.63, 3.8) is 0 Å². The van der Waals surface area contributed by atoms with E-state index in [2.05, 4.69) is 10.3 Å². The Kier molecular flexibility index (Phi) is 7.19. The van der Waals surface area contributed by atoms with Gasteiger partial charge in [0.2, 0.25) is 0 Å². The minimum atomic E-state index is -4.48. The SMILES string of the molecule is CC(C)c1nc2c(c(NCc3c(Cl)cccc3Cl)n1)CCN(c1ncccc1C(F)(F)F)CC2. The lowest BCUT2D eigenvalue weighted by atomic mass is 10.1. The molecule has 0 saturated heterocycles. The highest BCUT2D eigenvalue weighted by Crippen LogP contribution is 2.36. The number of hydrogen-bond donors (Lipinski definition) is 1. The summed E-state index contributed by atoms with van der Waals surface area (Å²) >= 11 is 12.6. The Morgan fingerprint density at radius 2 is 1.74 bits per heavy atom. The van der Waals surface area contributed by atoms with Crippen LogP contribution >= 0.6 is 23.2 Å². The summed E-state index contributed by atoms with van der Waals surface area (Å²) in [5.41, 5.74) is 1.74. The maximum absolute atomic E-state index is 13.6. The average Bonchev–Trinajstić information content (AvgIpc) is 3.01. The highest BCUT2D eigenvalue weighted by Gasteiger charge is 2.36. The zero-order valence-electron chi connectivity index (χ0n) is 18.8. The molecule has 0 aliphatic carbocycles. The Morgan fingerprint density at radius 3 is 2.41 bits per heavy atom. The van der Waals surface area contributed by atoms with Gasteiger partial charge in [0, 0.05) is 59.3 Å². The predicted octanol–water partition coefficient (Wildman–Crippen LogP) is 6.54. The quantitative estimate of drug-likeness (QED) is 0.423. The third kappa shape index (κ3) is 5.23. The van der Waals surface area contributed by atoms with Crippen LogP contribution in [0.15, 0.2) is 36.5 Å². The highest BCUT2D eigenvalue weighted by atomic mass is 35.5. The summed E-state index contributed by atoms with van der Waals surface area (Å²) in [6, 6.07) is 7.70. The molecule has 0 radical (unpaired) electrons. The molecular formula is C24H24Cl2F3N5. The lowest BCUT2D eigenvalue weighted by Crippen LogP contribution is -2.29. The minimum absolute atomic E-state index is 0.0581. The Labute approximate surface area is 206 Å². The van der Waals surface area contributed by atoms with E-state index in [0.717, 1.165) is 22.9 Å². The molecule has 0 bridgehead atoms. The second-order valence-electron chi connectivity index (χ2n) is 8.42. The van der Waals surface area contributed by atoms with Crippen molar-refractivity contribution in [2.75, 3.05) is 23.3 Å². The van der Waals surface area contributed by atoms with Crippen LogP contribution in [0, 0.1) is 0 Å². The summed E-state index contributed by atoms with van der Waals surface area (Å²) in [4.78, 5) is 15.2. The molecule has 1 N–H and O–H groups in total. The van der Waals surface area contributed by atoms with E-state index in [1.807, 2.05) is 13.8 Å². The molecule has 0 saturated carbocycles. The van der Waals surface area contributed by atoms with E-state index in [1.165, 1.54) is 12.3 Å². The third-order valence-electron chi connectivity index (χ3n) is 5.76. The number of rotatable bonds is 5. The summed E-state index contributed by atoms with van der Waals surface area (Å²) in [7, 11) is 0. The van der Waals surface area contributed by atoms with Crippen molar-refractivity contribution in [2.45, 2.75) is 45.3 Å². The number of nitrogens with zero attached hydrogens (tertiary/aromatic N) is 4. The molecule has 4 rings (SSSR count). The van der Waals surface area contributed by atoms with Crippen LogP contribution in [0.4, 0.5) is 24.8 Å². The van der Waals surface area contributed by atoms with E-state index in [0.29, 0.717) is 54.2 Å². The van der Waals surface area contributed by atoms with Gasteiger partial charge in [0.05, 0.1) is 11.3 Å². The van der Waals surface area contributed by atoms with E-state index in [4.69, 9.17) is 33.2 Å². The van der Waals surface area contributed by atoms with Crippen molar-refractivity contribution in [1.29, 1.82) is 0 Å². The van der Waals surface area contributed by atoms with Gasteiger partial charge in [0.1, 0.15) is 17.5 Å². The van der Waals surface area contributed by atoms with Crippen molar-refractivity contribution in [3.05, 3.63) is 74.8 Å². The first-order valence-electron chi connectivity index (χ1n) is 11.0. The molecule has 0 atom stereocenters. The number of anilines is 2. The van der Waals surface area contributed by atoms with Gasteiger partial charge in [-0.1, -0.05) is 43.1 Å². The molecule has 180 valence electrons. The average molecular weight is 510 g/mol. The van der Waals surface area contributed by atoms with Gasteiger partial charge in [0.25, 0.3) is 0 Å². The molecule has 1 aliphatic rings. The fraction of sp³-hybridized carbons (Fsp3) is 0.375. The van der Waals surface area contributed by atoms with Crippen LogP contribution in [0.1, 0.15) is 48.0 Å². The molecule has 3 aromatic rings. The van der Waals surface area contributed by atoms with Crippen molar-refractivity contribution in [2.24, 2.45) is 0 Å². The Morgan fingerprint density at radius 1 is 1.03 bits per heavy atom. The van der Waals surface area contributed by atoms with Gasteiger partial charge in [-0.15, -0.1) is 0 Å². The fourth-order valence-electron chi connectivity index (χ4n) is 3.98. The molecule has 10 heteroatoms. The lowest BCUT2D eigenvalue weighted by Gasteiger charge is -2.24. The van der Waals surface area contributed by atoms with Gasteiger partial charge >= 0.3 is 6.18 Å². The zero-order chi connectivity index (χ0) is 24.5. The molecule has 0 fully saturated rings. The first kappa shape index (κ1) is 24.5. The van der Waals surface area contributed by atoms with Gasteiger partial charge < -0.3 is 10.2 Å². The maximum Gasteiger partial charge on any atom is 0.419 e. The fourth-order valence-corrected chi connectivity index (χ4v) is 4.51. The molecule has 1 aromatic carbocycles. The van der Waals surface area contributed by atoms with Gasteiger partial charge in [0.15, 0.2) is 0 Å². The molecule has 3 heterocycles. The summed E-state index contributed by atoms with van der Waals surface area (Å²) in [6.07, 6.45) is -2.14. The predicted molar refractivity (Wildman–Crippen MR) is 129 cm³/mol. The van der Waals surface area contributed by atoms with E-state index < -0.39 is 11.7 Å². The number of hydrogen-bond acceptors (Lipinski definition) is 5. The van der Waals surface area contributed by atoms with Gasteiger partial charge in [-0.3, -0.25) is 0 Å². The third-order valence-corrected chi connectivity index (χ3v) is 6.47. The van der Waals surface area contributed by atoms with Crippen LogP contribution in [-0.2, 0) is 25.6 Å². The molecule has 0 unspecified atom stereocenters. The van der Waals surface area contributed by atoms with Gasteiger partial charge in [-0.25, -0.2) is 15.0 Å². The molecule has 34 heavy (non-hydrogen) atoms. The van der Waals surface area contributed by atoms with Crippen molar-refractivity contribution in [3.8, 4) is 0 Å². The first-order chi connectivity index (χ1) is 16.1. The van der Waals surface area contributed by atoms with E-state index in [-0.39, 0.29) is 11.7 Å². The Hall–Kier alpha value is -2.58. The van der Waals surface area contributed by atoms with E-state index in [1.54, 1.807) is 23.1 Å². The Bertz CT molecular complexity index is 1160. The van der Waals surface area contributed by atoms with E-state index in [9.17, 15) is 13.2 Å². The van der Waals surface area contributed by atoms with Gasteiger partial charge in [-0.05, 0) is 30.7 Å². The van der Waals surface area contributed by atoms with Crippen molar-refractivity contribution in [1.82, 2.24) is 15.0 Å². The van der Waals surface area contributed by atoms with Crippen molar-refractivity contribution >= 4 is 34.8 Å². The number of alkyl halides is 3. The second-order valence-corrected chi connectivity index (χ2v) is 9.24. The number of pyridine rings is 1. The van der Waals surface area contributed by atoms with Crippen LogP contribution in [0.25, 0.3) is 0 Å². The molecule has 5 nitrogen and oxygen atoms in total. The number of nitrogens with one attached hydrogen (secondary N) is 1. The van der Waals surface area contributed by atoms with Crippen molar-refractivity contribution < 1.29 is 13.2 Å². The number of aromatic nitrogens is 3. The van der Waals surface area contributed by atoms with Crippen LogP contribution in [0.5, 0.6) is 0 Å². The molecule has 2 aromatic heterocycles. The largest absolute Gasteiger partial charge is 0.419 e. The normalized spacial score (nSPS) is 14.2. The molecule has 0 spiro atoms. The second kappa shape index (κ2) is 9.96. The minimum Gasteiger partial charge on any atom is -0.366 e. The van der Waals surface area contributed by atoms with Crippen LogP contribution in [0.3, 0.4) is 0 Å². The summed E-state index contributed by atoms with van der Waals surface area (Å²) in [6.45, 7) is 5.10. The van der Waals surface area contributed by atoms with Crippen LogP contribution < -0.4 is 10.2 Å². The molecule has 1 aliphatic heterocycles. The zero-order valence-corrected chi connectivity index (χ0v) is 20.3. The molecular weight excluding hydrogens is 486 g/mol.